The smallest absolute Gasteiger partial charge is 0.337 e. The predicted molar refractivity (Wildman–Crippen MR) is 104 cm³/mol. The number of carboxylic acid groups (broad SMARTS) is 1. The first kappa shape index (κ1) is 19.8. The summed E-state index contributed by atoms with van der Waals surface area (Å²) in [6.07, 6.45) is 2.02. The van der Waals surface area contributed by atoms with Gasteiger partial charge in [0.15, 0.2) is 0 Å². The summed E-state index contributed by atoms with van der Waals surface area (Å²) in [4.78, 5) is 13.7. The van der Waals surface area contributed by atoms with Gasteiger partial charge in [-0.2, -0.15) is 0 Å². The van der Waals surface area contributed by atoms with Crippen LogP contribution >= 0.6 is 0 Å². The number of sulfonamides is 1. The maximum atomic E-state index is 12.5. The first-order valence-electron chi connectivity index (χ1n) is 8.42. The maximum Gasteiger partial charge on any atom is 0.337 e. The molecule has 2 N–H and O–H groups in total. The van der Waals surface area contributed by atoms with Gasteiger partial charge < -0.3 is 10.0 Å². The lowest BCUT2D eigenvalue weighted by molar-refractivity contribution is 0.0698. The normalized spacial score (nSPS) is 11.2. The Morgan fingerprint density at radius 3 is 2.38 bits per heavy atom. The lowest BCUT2D eigenvalue weighted by Gasteiger charge is -2.20. The largest absolute Gasteiger partial charge is 0.478 e. The van der Waals surface area contributed by atoms with E-state index in [2.05, 4.69) is 11.6 Å². The highest BCUT2D eigenvalue weighted by molar-refractivity contribution is 7.92. The third-order valence-corrected chi connectivity index (χ3v) is 5.48. The molecule has 0 saturated heterocycles. The third-order valence-electron chi connectivity index (χ3n) is 4.10. The summed E-state index contributed by atoms with van der Waals surface area (Å²) in [7, 11) is -1.98. The van der Waals surface area contributed by atoms with Crippen LogP contribution in [0, 0.1) is 6.92 Å². The monoisotopic (exact) mass is 376 g/mol. The molecule has 7 heteroatoms. The Balaban J connectivity index is 2.34. The zero-order chi connectivity index (χ0) is 19.3. The third kappa shape index (κ3) is 4.76. The van der Waals surface area contributed by atoms with Crippen molar-refractivity contribution in [1.29, 1.82) is 0 Å². The molecule has 0 fully saturated rings. The van der Waals surface area contributed by atoms with Crippen molar-refractivity contribution in [2.45, 2.75) is 31.6 Å². The molecule has 2 rings (SSSR count). The van der Waals surface area contributed by atoms with Crippen molar-refractivity contribution in [1.82, 2.24) is 0 Å². The average molecular weight is 376 g/mol. The highest BCUT2D eigenvalue weighted by atomic mass is 32.2. The molecule has 0 heterocycles. The van der Waals surface area contributed by atoms with Crippen LogP contribution in [0.5, 0.6) is 0 Å². The maximum absolute atomic E-state index is 12.5. The van der Waals surface area contributed by atoms with Gasteiger partial charge >= 0.3 is 5.97 Å². The molecule has 0 saturated carbocycles. The van der Waals surface area contributed by atoms with Gasteiger partial charge in [0.05, 0.1) is 16.1 Å². The molecule has 6 nitrogen and oxygen atoms in total. The van der Waals surface area contributed by atoms with E-state index in [0.717, 1.165) is 30.6 Å². The van der Waals surface area contributed by atoms with Gasteiger partial charge in [-0.1, -0.05) is 31.0 Å². The lowest BCUT2D eigenvalue weighted by Crippen LogP contribution is -2.20. The molecule has 2 aromatic carbocycles. The van der Waals surface area contributed by atoms with Crippen LogP contribution in [0.3, 0.4) is 0 Å². The summed E-state index contributed by atoms with van der Waals surface area (Å²) in [5, 5.41) is 9.50. The Hall–Kier alpha value is -2.54. The Kier molecular flexibility index (Phi) is 6.26. The van der Waals surface area contributed by atoms with Crippen LogP contribution in [0.1, 0.15) is 35.7 Å². The van der Waals surface area contributed by atoms with Gasteiger partial charge in [-0.15, -0.1) is 0 Å². The Bertz CT molecular complexity index is 877. The second-order valence-corrected chi connectivity index (χ2v) is 7.91. The van der Waals surface area contributed by atoms with Gasteiger partial charge in [0.1, 0.15) is 0 Å². The topological polar surface area (TPSA) is 86.7 Å². The molecule has 0 atom stereocenters. The molecule has 2 aromatic rings. The zero-order valence-corrected chi connectivity index (χ0v) is 16.0. The zero-order valence-electron chi connectivity index (χ0n) is 15.2. The number of nitrogens with one attached hydrogen (secondary N) is 1. The summed E-state index contributed by atoms with van der Waals surface area (Å²) in [5.74, 6) is -1.18. The lowest BCUT2D eigenvalue weighted by atomic mass is 10.1. The van der Waals surface area contributed by atoms with Gasteiger partial charge in [0.2, 0.25) is 0 Å². The number of carbonyl (C=O) groups is 1. The van der Waals surface area contributed by atoms with E-state index >= 15 is 0 Å². The van der Waals surface area contributed by atoms with E-state index in [1.54, 1.807) is 18.2 Å². The van der Waals surface area contributed by atoms with Gasteiger partial charge in [0.25, 0.3) is 10.0 Å². The van der Waals surface area contributed by atoms with E-state index in [1.807, 2.05) is 18.9 Å². The highest BCUT2D eigenvalue weighted by Crippen LogP contribution is 2.25. The molecule has 26 heavy (non-hydrogen) atoms. The van der Waals surface area contributed by atoms with Crippen LogP contribution in [0.25, 0.3) is 0 Å². The van der Waals surface area contributed by atoms with Crippen LogP contribution in [-0.2, 0) is 10.0 Å². The molecule has 0 unspecified atom stereocenters. The fourth-order valence-electron chi connectivity index (χ4n) is 2.48. The van der Waals surface area contributed by atoms with E-state index in [0.29, 0.717) is 0 Å². The van der Waals surface area contributed by atoms with E-state index in [4.69, 9.17) is 0 Å². The van der Waals surface area contributed by atoms with Gasteiger partial charge in [0, 0.05) is 19.3 Å². The second-order valence-electron chi connectivity index (χ2n) is 6.23. The molecule has 0 aromatic heterocycles. The summed E-state index contributed by atoms with van der Waals surface area (Å²) in [6, 6.07) is 11.1. The number of aromatic carboxylic acids is 1. The number of carboxylic acids is 1. The van der Waals surface area contributed by atoms with Crippen molar-refractivity contribution in [2.75, 3.05) is 23.2 Å². The van der Waals surface area contributed by atoms with E-state index in [9.17, 15) is 18.3 Å². The molecule has 0 bridgehead atoms. The number of anilines is 2. The standard InChI is InChI=1S/C19H24N2O4S/c1-4-5-12-21(3)15-8-11-18(17(13-15)19(22)23)20-26(24,25)16-9-6-14(2)7-10-16/h6-11,13,20H,4-5,12H2,1-3H3,(H,22,23). The number of nitrogens with zero attached hydrogens (tertiary/aromatic N) is 1. The van der Waals surface area contributed by atoms with Crippen molar-refractivity contribution >= 4 is 27.4 Å². The van der Waals surface area contributed by atoms with Crippen molar-refractivity contribution in [3.63, 3.8) is 0 Å². The van der Waals surface area contributed by atoms with Crippen molar-refractivity contribution < 1.29 is 18.3 Å². The number of hydrogen-bond donors (Lipinski definition) is 2. The van der Waals surface area contributed by atoms with Crippen LogP contribution in [0.15, 0.2) is 47.4 Å². The number of benzene rings is 2. The van der Waals surface area contributed by atoms with Crippen molar-refractivity contribution in [3.05, 3.63) is 53.6 Å². The molecule has 0 radical (unpaired) electrons. The van der Waals surface area contributed by atoms with Crippen LogP contribution in [-0.4, -0.2) is 33.1 Å². The molecule has 0 aliphatic rings. The van der Waals surface area contributed by atoms with Crippen molar-refractivity contribution in [3.8, 4) is 0 Å². The van der Waals surface area contributed by atoms with Crippen LogP contribution < -0.4 is 9.62 Å². The molecule has 0 amide bonds. The molecular formula is C19H24N2O4S. The van der Waals surface area contributed by atoms with E-state index < -0.39 is 16.0 Å². The van der Waals surface area contributed by atoms with Crippen molar-refractivity contribution in [2.24, 2.45) is 0 Å². The summed E-state index contributed by atoms with van der Waals surface area (Å²) >= 11 is 0. The van der Waals surface area contributed by atoms with Crippen LogP contribution in [0.2, 0.25) is 0 Å². The molecule has 140 valence electrons. The van der Waals surface area contributed by atoms with Gasteiger partial charge in [-0.3, -0.25) is 4.72 Å². The number of aryl methyl sites for hydroxylation is 1. The minimum Gasteiger partial charge on any atom is -0.478 e. The van der Waals surface area contributed by atoms with Crippen LogP contribution in [0.4, 0.5) is 11.4 Å². The molecule has 0 aliphatic carbocycles. The number of unbranched alkanes of at least 4 members (excludes halogenated alkanes) is 1. The fraction of sp³-hybridized carbons (Fsp3) is 0.316. The highest BCUT2D eigenvalue weighted by Gasteiger charge is 2.19. The summed E-state index contributed by atoms with van der Waals surface area (Å²) < 4.78 is 27.5. The first-order chi connectivity index (χ1) is 12.2. The second kappa shape index (κ2) is 8.23. The van der Waals surface area contributed by atoms with E-state index in [1.165, 1.54) is 24.3 Å². The Labute approximate surface area is 154 Å². The number of hydrogen-bond acceptors (Lipinski definition) is 4. The van der Waals surface area contributed by atoms with Gasteiger partial charge in [-0.05, 0) is 43.7 Å². The SMILES string of the molecule is CCCCN(C)c1ccc(NS(=O)(=O)c2ccc(C)cc2)c(C(=O)O)c1. The molecule has 0 spiro atoms. The van der Waals surface area contributed by atoms with Gasteiger partial charge in [-0.25, -0.2) is 13.2 Å². The summed E-state index contributed by atoms with van der Waals surface area (Å²) in [5.41, 5.74) is 1.64. The summed E-state index contributed by atoms with van der Waals surface area (Å²) in [6.45, 7) is 4.74. The Morgan fingerprint density at radius 2 is 1.81 bits per heavy atom. The average Bonchev–Trinajstić information content (AvgIpc) is 2.59. The fourth-order valence-corrected chi connectivity index (χ4v) is 3.56. The quantitative estimate of drug-likeness (QED) is 0.733. The van der Waals surface area contributed by atoms with E-state index in [-0.39, 0.29) is 16.1 Å². The first-order valence-corrected chi connectivity index (χ1v) is 9.91. The molecular weight excluding hydrogens is 352 g/mol. The minimum absolute atomic E-state index is 0.0470. The molecule has 0 aliphatic heterocycles. The Morgan fingerprint density at radius 1 is 1.15 bits per heavy atom. The minimum atomic E-state index is -3.86. The predicted octanol–water partition coefficient (Wildman–Crippen LogP) is 3.73. The number of rotatable bonds is 8.